The Hall–Kier alpha value is -2.68. The summed E-state index contributed by atoms with van der Waals surface area (Å²) in [6.07, 6.45) is 6.83. The molecule has 32 heavy (non-hydrogen) atoms. The van der Waals surface area contributed by atoms with Crippen molar-refractivity contribution in [2.75, 3.05) is 0 Å². The zero-order valence-electron chi connectivity index (χ0n) is 17.1. The molecule has 2 aromatic carbocycles. The number of hydrogen-bond acceptors (Lipinski definition) is 3. The van der Waals surface area contributed by atoms with Crippen molar-refractivity contribution in [1.29, 1.82) is 0 Å². The van der Waals surface area contributed by atoms with Crippen molar-refractivity contribution in [3.8, 4) is 0 Å². The van der Waals surface area contributed by atoms with Crippen LogP contribution in [0.4, 0.5) is 0 Å². The average Bonchev–Trinajstić information content (AvgIpc) is 3.60. The van der Waals surface area contributed by atoms with Gasteiger partial charge in [-0.25, -0.2) is 0 Å². The van der Waals surface area contributed by atoms with Gasteiger partial charge < -0.3 is 0 Å². The van der Waals surface area contributed by atoms with Gasteiger partial charge in [0.25, 0.3) is 0 Å². The first kappa shape index (κ1) is 18.8. The van der Waals surface area contributed by atoms with Crippen molar-refractivity contribution in [1.82, 2.24) is 4.90 Å². The average molecular weight is 545 g/mol. The molecule has 0 saturated heterocycles. The monoisotopic (exact) mass is 547 g/mol. The molecule has 0 fully saturated rings. The summed E-state index contributed by atoms with van der Waals surface area (Å²) < 4.78 is 6.46. The number of ketones is 2. The fraction of sp³-hybridized carbons (Fsp3) is 0.111. The van der Waals surface area contributed by atoms with Crippen molar-refractivity contribution in [3.05, 3.63) is 105 Å². The molecule has 154 valence electrons. The van der Waals surface area contributed by atoms with Crippen LogP contribution in [0, 0.1) is 0 Å². The maximum atomic E-state index is 12.7. The van der Waals surface area contributed by atoms with Crippen LogP contribution in [0.15, 0.2) is 83.6 Å². The molecule has 2 aliphatic carbocycles. The van der Waals surface area contributed by atoms with Crippen molar-refractivity contribution in [2.45, 2.75) is 19.5 Å². The Morgan fingerprint density at radius 3 is 2.38 bits per heavy atom. The van der Waals surface area contributed by atoms with Crippen molar-refractivity contribution in [2.24, 2.45) is 0 Å². The summed E-state index contributed by atoms with van der Waals surface area (Å²) >= 11 is 0.885. The van der Waals surface area contributed by atoms with Crippen LogP contribution in [0.5, 0.6) is 0 Å². The van der Waals surface area contributed by atoms with E-state index >= 15 is 0 Å². The van der Waals surface area contributed by atoms with E-state index in [1.807, 2.05) is 18.2 Å². The topological polar surface area (TPSA) is 37.4 Å². The van der Waals surface area contributed by atoms with Crippen molar-refractivity contribution in [3.63, 3.8) is 0 Å². The Labute approximate surface area is 196 Å². The number of benzene rings is 2. The first-order valence-corrected chi connectivity index (χ1v) is 14.1. The molecular formula is C27H17NO2Se2. The number of carbonyl (C=O) groups is 2. The van der Waals surface area contributed by atoms with Gasteiger partial charge >= 0.3 is 197 Å². The van der Waals surface area contributed by atoms with E-state index in [2.05, 4.69) is 41.3 Å². The predicted octanol–water partition coefficient (Wildman–Crippen LogP) is 4.64. The quantitative estimate of drug-likeness (QED) is 0.209. The van der Waals surface area contributed by atoms with E-state index < -0.39 is 0 Å². The van der Waals surface area contributed by atoms with E-state index in [0.29, 0.717) is 45.7 Å². The fourth-order valence-corrected chi connectivity index (χ4v) is 11.6. The molecule has 7 rings (SSSR count). The number of Topliss-reactive ketones (excluding diaryl/α,β-unsaturated/α-hetero) is 2. The Balaban J connectivity index is 1.12. The van der Waals surface area contributed by atoms with Gasteiger partial charge in [0.2, 0.25) is 0 Å². The first-order valence-electron chi connectivity index (χ1n) is 10.6. The molecular weight excluding hydrogens is 528 g/mol. The van der Waals surface area contributed by atoms with E-state index in [9.17, 15) is 9.59 Å². The number of rotatable bonds is 2. The van der Waals surface area contributed by atoms with Crippen LogP contribution >= 0.6 is 0 Å². The molecule has 3 aliphatic rings. The molecule has 1 aliphatic heterocycles. The second-order valence-corrected chi connectivity index (χ2v) is 13.0. The van der Waals surface area contributed by atoms with E-state index in [4.69, 9.17) is 0 Å². The molecule has 0 N–H and O–H groups in total. The summed E-state index contributed by atoms with van der Waals surface area (Å²) in [7, 11) is 0. The van der Waals surface area contributed by atoms with Crippen LogP contribution in [0.1, 0.15) is 37.1 Å². The molecule has 0 saturated carbocycles. The zero-order chi connectivity index (χ0) is 21.4. The number of hydrogen-bond donors (Lipinski definition) is 0. The van der Waals surface area contributed by atoms with Gasteiger partial charge in [0.05, 0.1) is 0 Å². The molecule has 5 heteroatoms. The van der Waals surface area contributed by atoms with Crippen LogP contribution in [0.25, 0.3) is 18.2 Å². The third kappa shape index (κ3) is 2.66. The van der Waals surface area contributed by atoms with Crippen LogP contribution in [-0.2, 0) is 13.1 Å². The van der Waals surface area contributed by atoms with Gasteiger partial charge in [-0.1, -0.05) is 0 Å². The molecule has 0 atom stereocenters. The third-order valence-corrected chi connectivity index (χ3v) is 12.4. The molecule has 3 heterocycles. The van der Waals surface area contributed by atoms with Crippen molar-refractivity contribution >= 4 is 58.7 Å². The Morgan fingerprint density at radius 1 is 0.812 bits per heavy atom. The van der Waals surface area contributed by atoms with Gasteiger partial charge in [-0.3, -0.25) is 0 Å². The fourth-order valence-electron chi connectivity index (χ4n) is 4.98. The normalized spacial score (nSPS) is 17.4. The maximum absolute atomic E-state index is 12.7. The van der Waals surface area contributed by atoms with Crippen LogP contribution < -0.4 is 0 Å². The summed E-state index contributed by atoms with van der Waals surface area (Å²) in [4.78, 5) is 27.9. The van der Waals surface area contributed by atoms with E-state index in [1.165, 1.54) is 11.1 Å². The van der Waals surface area contributed by atoms with Crippen LogP contribution in [0.3, 0.4) is 0 Å². The zero-order valence-corrected chi connectivity index (χ0v) is 20.5. The molecule has 3 nitrogen and oxygen atoms in total. The summed E-state index contributed by atoms with van der Waals surface area (Å²) in [5.74, 6) is -0.293. The second-order valence-electron chi connectivity index (χ2n) is 8.45. The number of carbonyl (C=O) groups excluding carboxylic acids is 2. The minimum atomic E-state index is -0.146. The molecule has 0 radical (unpaired) electrons. The summed E-state index contributed by atoms with van der Waals surface area (Å²) in [5.41, 5.74) is 5.30. The van der Waals surface area contributed by atoms with Crippen LogP contribution in [0.2, 0.25) is 0 Å². The van der Waals surface area contributed by atoms with Gasteiger partial charge in [-0.05, 0) is 0 Å². The standard InChI is InChI=1S/C27H17NO2Se2/c29-24-17-5-1-2-6-18(17)25(30)20(24)12-15-9-10-16(11-15)28-13-21-23(14-28)32-26-19-7-3-4-8-22(19)31-27(21)26/h1-10,12H,11,13-14H2. The van der Waals surface area contributed by atoms with Crippen molar-refractivity contribution < 1.29 is 9.59 Å². The number of allylic oxidation sites excluding steroid dienone is 5. The number of fused-ring (bicyclic) bond motifs is 6. The molecule has 0 bridgehead atoms. The summed E-state index contributed by atoms with van der Waals surface area (Å²) in [6.45, 7) is 2.02. The third-order valence-electron chi connectivity index (χ3n) is 6.59. The van der Waals surface area contributed by atoms with E-state index in [0.717, 1.165) is 25.1 Å². The van der Waals surface area contributed by atoms with Crippen LogP contribution in [-0.4, -0.2) is 45.5 Å². The number of nitrogens with zero attached hydrogens (tertiary/aromatic N) is 1. The van der Waals surface area contributed by atoms with E-state index in [-0.39, 0.29) is 11.6 Å². The van der Waals surface area contributed by atoms with Gasteiger partial charge in [-0.2, -0.15) is 0 Å². The Kier molecular flexibility index (Phi) is 4.07. The summed E-state index contributed by atoms with van der Waals surface area (Å²) in [5, 5.41) is 1.51. The minimum absolute atomic E-state index is 0.146. The Bertz CT molecular complexity index is 1560. The van der Waals surface area contributed by atoms with Gasteiger partial charge in [0.15, 0.2) is 0 Å². The molecule has 2 aromatic heterocycles. The summed E-state index contributed by atoms with van der Waals surface area (Å²) in [6, 6.07) is 16.0. The SMILES string of the molecule is O=C1C(=CC2=CC=C(N3Cc4[se]c5c([se]c6ccccc65)c4C3)C2)C(=O)c2ccccc21. The second kappa shape index (κ2) is 6.91. The first-order chi connectivity index (χ1) is 15.7. The predicted molar refractivity (Wildman–Crippen MR) is 129 cm³/mol. The molecule has 4 aromatic rings. The van der Waals surface area contributed by atoms with Gasteiger partial charge in [-0.15, -0.1) is 0 Å². The molecule has 0 unspecified atom stereocenters. The molecule has 0 spiro atoms. The van der Waals surface area contributed by atoms with Gasteiger partial charge in [0, 0.05) is 0 Å². The van der Waals surface area contributed by atoms with E-state index in [1.54, 1.807) is 34.9 Å². The Morgan fingerprint density at radius 2 is 1.56 bits per heavy atom. The van der Waals surface area contributed by atoms with Gasteiger partial charge in [0.1, 0.15) is 0 Å². The molecule has 0 amide bonds.